The summed E-state index contributed by atoms with van der Waals surface area (Å²) < 4.78 is 9.96. The zero-order chi connectivity index (χ0) is 9.72. The van der Waals surface area contributed by atoms with E-state index >= 15 is 0 Å². The van der Waals surface area contributed by atoms with Gasteiger partial charge in [-0.2, -0.15) is 0 Å². The number of ether oxygens (including phenoxy) is 2. The number of carbonyl (C=O) groups excluding carboxylic acids is 1. The van der Waals surface area contributed by atoms with Crippen LogP contribution in [0.2, 0.25) is 0 Å². The minimum atomic E-state index is -0.315. The second-order valence-electron chi connectivity index (χ2n) is 2.47. The Labute approximate surface area is 73.4 Å². The Balaban J connectivity index is 4.32. The van der Waals surface area contributed by atoms with Crippen LogP contribution in [0.4, 0.5) is 0 Å². The molecule has 0 N–H and O–H groups in total. The van der Waals surface area contributed by atoms with E-state index in [-0.39, 0.29) is 18.4 Å². The highest BCUT2D eigenvalue weighted by atomic mass is 16.5. The lowest BCUT2D eigenvalue weighted by molar-refractivity contribution is -0.158. The molecule has 0 saturated heterocycles. The normalized spacial score (nSPS) is 15.4. The van der Waals surface area contributed by atoms with Gasteiger partial charge in [-0.05, 0) is 13.8 Å². The maximum atomic E-state index is 11.0. The predicted octanol–water partition coefficient (Wildman–Crippen LogP) is 0.634. The van der Waals surface area contributed by atoms with Crippen molar-refractivity contribution >= 4 is 5.91 Å². The fraction of sp³-hybridized carbons (Fsp3) is 0.750. The molecule has 0 aliphatic rings. The second kappa shape index (κ2) is 5.11. The predicted molar refractivity (Wildman–Crippen MR) is 45.1 cm³/mol. The summed E-state index contributed by atoms with van der Waals surface area (Å²) in [5.74, 6) is -0.307. The van der Waals surface area contributed by atoms with Crippen molar-refractivity contribution in [2.24, 2.45) is 0 Å². The molecule has 71 valence electrons. The molecule has 0 saturated carbocycles. The molecule has 0 fully saturated rings. The van der Waals surface area contributed by atoms with E-state index in [2.05, 4.69) is 6.92 Å². The Morgan fingerprint density at radius 1 is 1.25 bits per heavy atom. The quantitative estimate of drug-likeness (QED) is 0.587. The topological polar surface area (TPSA) is 38.8 Å². The van der Waals surface area contributed by atoms with Gasteiger partial charge in [0.05, 0.1) is 0 Å². The van der Waals surface area contributed by atoms with Crippen LogP contribution in [0.25, 0.3) is 0 Å². The summed E-state index contributed by atoms with van der Waals surface area (Å²) in [6.45, 7) is 6.83. The van der Waals surface area contributed by atoms with Gasteiger partial charge in [-0.3, -0.25) is 9.69 Å². The molecular weight excluding hydrogens is 158 g/mol. The Morgan fingerprint density at radius 2 is 1.58 bits per heavy atom. The third-order valence-corrected chi connectivity index (χ3v) is 1.75. The highest BCUT2D eigenvalue weighted by molar-refractivity contribution is 5.80. The van der Waals surface area contributed by atoms with Crippen molar-refractivity contribution in [2.75, 3.05) is 14.2 Å². The van der Waals surface area contributed by atoms with Gasteiger partial charge in [-0.15, -0.1) is 0 Å². The summed E-state index contributed by atoms with van der Waals surface area (Å²) >= 11 is 0. The van der Waals surface area contributed by atoms with Crippen LogP contribution in [0.15, 0.2) is 0 Å². The highest BCUT2D eigenvalue weighted by Crippen LogP contribution is 2.06. The molecule has 0 aromatic heterocycles. The Hall–Kier alpha value is -0.610. The minimum Gasteiger partial charge on any atom is -0.362 e. The fourth-order valence-corrected chi connectivity index (χ4v) is 0.928. The lowest BCUT2D eigenvalue weighted by atomic mass is 10.4. The van der Waals surface area contributed by atoms with Gasteiger partial charge in [0.25, 0.3) is 0 Å². The van der Waals surface area contributed by atoms with Gasteiger partial charge in [-0.1, -0.05) is 0 Å². The van der Waals surface area contributed by atoms with Crippen molar-refractivity contribution in [1.29, 1.82) is 0 Å². The van der Waals surface area contributed by atoms with Crippen LogP contribution in [-0.2, 0) is 14.3 Å². The monoisotopic (exact) mass is 174 g/mol. The minimum absolute atomic E-state index is 0.307. The summed E-state index contributed by atoms with van der Waals surface area (Å²) in [6, 6.07) is 0. The van der Waals surface area contributed by atoms with Crippen molar-refractivity contribution in [3.8, 4) is 0 Å². The molecule has 2 atom stereocenters. The number of carbonyl (C=O) groups is 1. The van der Waals surface area contributed by atoms with Crippen LogP contribution in [0.1, 0.15) is 13.8 Å². The first-order valence-corrected chi connectivity index (χ1v) is 3.74. The van der Waals surface area contributed by atoms with Gasteiger partial charge in [0.2, 0.25) is 5.91 Å². The molecule has 4 heteroatoms. The summed E-state index contributed by atoms with van der Waals surface area (Å²) in [6.07, 6.45) is -0.630. The molecule has 1 amide bonds. The van der Waals surface area contributed by atoms with Crippen LogP contribution < -0.4 is 0 Å². The van der Waals surface area contributed by atoms with Gasteiger partial charge >= 0.3 is 0 Å². The fourth-order valence-electron chi connectivity index (χ4n) is 0.928. The standard InChI is InChI=1S/C8H16NO3/c1-6(10)9(7(2)11-4)8(3)12-5/h7-8H,1H2,2-5H3. The lowest BCUT2D eigenvalue weighted by Gasteiger charge is -2.31. The van der Waals surface area contributed by atoms with Crippen molar-refractivity contribution < 1.29 is 14.3 Å². The SMILES string of the molecule is [CH2]C(=O)N(C(C)OC)C(C)OC. The number of nitrogens with zero attached hydrogens (tertiary/aromatic N) is 1. The molecule has 4 nitrogen and oxygen atoms in total. The van der Waals surface area contributed by atoms with Crippen LogP contribution in [0.5, 0.6) is 0 Å². The van der Waals surface area contributed by atoms with E-state index in [4.69, 9.17) is 9.47 Å². The van der Waals surface area contributed by atoms with Gasteiger partial charge in [-0.25, -0.2) is 0 Å². The first kappa shape index (κ1) is 11.4. The zero-order valence-corrected chi connectivity index (χ0v) is 8.03. The third-order valence-electron chi connectivity index (χ3n) is 1.75. The molecule has 0 aromatic carbocycles. The molecule has 12 heavy (non-hydrogen) atoms. The molecular formula is C8H16NO3. The molecule has 0 spiro atoms. The molecule has 0 heterocycles. The van der Waals surface area contributed by atoms with Crippen LogP contribution in [-0.4, -0.2) is 37.5 Å². The largest absolute Gasteiger partial charge is 0.362 e. The van der Waals surface area contributed by atoms with E-state index in [0.717, 1.165) is 0 Å². The summed E-state index contributed by atoms with van der Waals surface area (Å²) in [5, 5.41) is 0. The van der Waals surface area contributed by atoms with Crippen molar-refractivity contribution in [1.82, 2.24) is 4.90 Å². The van der Waals surface area contributed by atoms with Gasteiger partial charge in [0.15, 0.2) is 0 Å². The van der Waals surface area contributed by atoms with E-state index < -0.39 is 0 Å². The smallest absolute Gasteiger partial charge is 0.227 e. The van der Waals surface area contributed by atoms with Crippen molar-refractivity contribution in [3.63, 3.8) is 0 Å². The molecule has 0 aromatic rings. The Bertz CT molecular complexity index is 139. The molecule has 2 unspecified atom stereocenters. The number of hydrogen-bond donors (Lipinski definition) is 0. The Morgan fingerprint density at radius 3 is 1.75 bits per heavy atom. The first-order valence-electron chi connectivity index (χ1n) is 3.74. The van der Waals surface area contributed by atoms with Crippen LogP contribution >= 0.6 is 0 Å². The van der Waals surface area contributed by atoms with Crippen LogP contribution in [0.3, 0.4) is 0 Å². The number of rotatable bonds is 4. The van der Waals surface area contributed by atoms with E-state index in [9.17, 15) is 4.79 Å². The lowest BCUT2D eigenvalue weighted by Crippen LogP contribution is -2.45. The van der Waals surface area contributed by atoms with E-state index in [1.165, 1.54) is 19.1 Å². The number of methoxy groups -OCH3 is 2. The van der Waals surface area contributed by atoms with Crippen molar-refractivity contribution in [3.05, 3.63) is 6.92 Å². The maximum absolute atomic E-state index is 11.0. The summed E-state index contributed by atoms with van der Waals surface area (Å²) in [5.41, 5.74) is 0. The van der Waals surface area contributed by atoms with E-state index in [0.29, 0.717) is 0 Å². The molecule has 0 rings (SSSR count). The van der Waals surface area contributed by atoms with Crippen LogP contribution in [0, 0.1) is 6.92 Å². The second-order valence-corrected chi connectivity index (χ2v) is 2.47. The van der Waals surface area contributed by atoms with Gasteiger partial charge in [0.1, 0.15) is 12.5 Å². The molecule has 1 radical (unpaired) electrons. The summed E-state index contributed by atoms with van der Waals surface area (Å²) in [7, 11) is 3.06. The maximum Gasteiger partial charge on any atom is 0.227 e. The number of hydrogen-bond acceptors (Lipinski definition) is 3. The molecule has 0 aliphatic heterocycles. The average molecular weight is 174 g/mol. The summed E-state index contributed by atoms with van der Waals surface area (Å²) in [4.78, 5) is 12.4. The van der Waals surface area contributed by atoms with E-state index in [1.807, 2.05) is 0 Å². The van der Waals surface area contributed by atoms with Crippen molar-refractivity contribution in [2.45, 2.75) is 26.3 Å². The molecule has 0 bridgehead atoms. The Kier molecular flexibility index (Phi) is 4.85. The average Bonchev–Trinajstić information content (AvgIpc) is 2.03. The first-order chi connectivity index (χ1) is 5.54. The number of amides is 1. The van der Waals surface area contributed by atoms with Gasteiger partial charge < -0.3 is 9.47 Å². The van der Waals surface area contributed by atoms with E-state index in [1.54, 1.807) is 13.8 Å². The molecule has 0 aliphatic carbocycles. The zero-order valence-electron chi connectivity index (χ0n) is 8.03. The van der Waals surface area contributed by atoms with Gasteiger partial charge in [0, 0.05) is 21.1 Å². The third kappa shape index (κ3) is 2.79. The highest BCUT2D eigenvalue weighted by Gasteiger charge is 2.21.